The third kappa shape index (κ3) is 4.78. The molecule has 3 aromatic rings. The first kappa shape index (κ1) is 20.1. The summed E-state index contributed by atoms with van der Waals surface area (Å²) in [6.07, 6.45) is 2.99. The number of sulfonamides is 1. The van der Waals surface area contributed by atoms with E-state index in [0.29, 0.717) is 16.3 Å². The second kappa shape index (κ2) is 8.55. The third-order valence-electron chi connectivity index (χ3n) is 3.98. The Kier molecular flexibility index (Phi) is 6.13. The first-order valence-electron chi connectivity index (χ1n) is 8.51. The largest absolute Gasteiger partial charge is 0.351 e. The van der Waals surface area contributed by atoms with Gasteiger partial charge in [-0.1, -0.05) is 41.4 Å². The van der Waals surface area contributed by atoms with Crippen LogP contribution in [0, 0.1) is 6.92 Å². The van der Waals surface area contributed by atoms with E-state index in [1.807, 2.05) is 13.0 Å². The molecule has 2 aromatic carbocycles. The Hall–Kier alpha value is -2.68. The molecule has 1 heterocycles. The molecule has 28 heavy (non-hydrogen) atoms. The number of nitrogens with one attached hydrogen (secondary N) is 2. The van der Waals surface area contributed by atoms with Crippen molar-refractivity contribution < 1.29 is 13.2 Å². The van der Waals surface area contributed by atoms with Gasteiger partial charge in [0.2, 0.25) is 10.0 Å². The highest BCUT2D eigenvalue weighted by Crippen LogP contribution is 2.19. The Bertz CT molecular complexity index is 1080. The molecule has 146 valence electrons. The molecule has 0 aliphatic rings. The van der Waals surface area contributed by atoms with Gasteiger partial charge < -0.3 is 5.32 Å². The molecule has 0 radical (unpaired) electrons. The lowest BCUT2D eigenvalue weighted by Gasteiger charge is -2.08. The number of hydrogen-bond donors (Lipinski definition) is 2. The van der Waals surface area contributed by atoms with Crippen molar-refractivity contribution in [2.45, 2.75) is 11.8 Å². The van der Waals surface area contributed by atoms with Crippen LogP contribution < -0.4 is 10.0 Å². The minimum Gasteiger partial charge on any atom is -0.351 e. The number of para-hydroxylation sites is 1. The molecule has 9 heteroatoms. The Morgan fingerprint density at radius 3 is 2.54 bits per heavy atom. The van der Waals surface area contributed by atoms with Gasteiger partial charge in [0.05, 0.1) is 27.4 Å². The fourth-order valence-corrected chi connectivity index (χ4v) is 3.73. The zero-order valence-electron chi connectivity index (χ0n) is 15.1. The Balaban J connectivity index is 1.54. The number of carbonyl (C=O) groups is 1. The number of carbonyl (C=O) groups excluding carboxylic acids is 1. The Labute approximate surface area is 168 Å². The topological polar surface area (TPSA) is 93.1 Å². The van der Waals surface area contributed by atoms with Crippen molar-refractivity contribution in [2.75, 3.05) is 13.1 Å². The molecule has 0 fully saturated rings. The van der Waals surface area contributed by atoms with Gasteiger partial charge >= 0.3 is 0 Å². The number of rotatable bonds is 7. The van der Waals surface area contributed by atoms with E-state index in [-0.39, 0.29) is 23.9 Å². The van der Waals surface area contributed by atoms with Gasteiger partial charge in [-0.15, -0.1) is 0 Å². The SMILES string of the molecule is Cc1ccc(S(=O)(=O)NCCNC(=O)c2cnn(-c3ccccc3Cl)c2)cc1. The summed E-state index contributed by atoms with van der Waals surface area (Å²) < 4.78 is 28.4. The lowest BCUT2D eigenvalue weighted by molar-refractivity contribution is 0.0954. The van der Waals surface area contributed by atoms with E-state index in [4.69, 9.17) is 11.6 Å². The number of nitrogens with zero attached hydrogens (tertiary/aromatic N) is 2. The van der Waals surface area contributed by atoms with E-state index in [9.17, 15) is 13.2 Å². The number of aryl methyl sites for hydroxylation is 1. The van der Waals surface area contributed by atoms with Crippen LogP contribution in [-0.4, -0.2) is 37.2 Å². The van der Waals surface area contributed by atoms with E-state index in [1.165, 1.54) is 10.9 Å². The third-order valence-corrected chi connectivity index (χ3v) is 5.77. The van der Waals surface area contributed by atoms with Crippen molar-refractivity contribution in [1.29, 1.82) is 0 Å². The standard InChI is InChI=1S/C19H19ClN4O3S/c1-14-6-8-16(9-7-14)28(26,27)23-11-10-21-19(25)15-12-22-24(13-15)18-5-3-2-4-17(18)20/h2-9,12-13,23H,10-11H2,1H3,(H,21,25). The summed E-state index contributed by atoms with van der Waals surface area (Å²) in [4.78, 5) is 12.4. The molecule has 1 aromatic heterocycles. The van der Waals surface area contributed by atoms with Gasteiger partial charge in [0.15, 0.2) is 0 Å². The van der Waals surface area contributed by atoms with Crippen LogP contribution in [-0.2, 0) is 10.0 Å². The number of aromatic nitrogens is 2. The van der Waals surface area contributed by atoms with Crippen molar-refractivity contribution in [3.05, 3.63) is 77.1 Å². The fourth-order valence-electron chi connectivity index (χ4n) is 2.47. The molecule has 0 bridgehead atoms. The Morgan fingerprint density at radius 1 is 1.11 bits per heavy atom. The number of hydrogen-bond acceptors (Lipinski definition) is 4. The molecule has 2 N–H and O–H groups in total. The van der Waals surface area contributed by atoms with Crippen LogP contribution >= 0.6 is 11.6 Å². The maximum Gasteiger partial charge on any atom is 0.254 e. The summed E-state index contributed by atoms with van der Waals surface area (Å²) in [6.45, 7) is 2.09. The lowest BCUT2D eigenvalue weighted by Crippen LogP contribution is -2.34. The first-order valence-corrected chi connectivity index (χ1v) is 10.4. The van der Waals surface area contributed by atoms with E-state index < -0.39 is 10.0 Å². The molecule has 0 aliphatic carbocycles. The normalized spacial score (nSPS) is 11.4. The molecule has 0 unspecified atom stereocenters. The summed E-state index contributed by atoms with van der Waals surface area (Å²) >= 11 is 6.13. The summed E-state index contributed by atoms with van der Waals surface area (Å²) in [5, 5.41) is 7.32. The van der Waals surface area contributed by atoms with Gasteiger partial charge in [0.1, 0.15) is 0 Å². The molecule has 3 rings (SSSR count). The smallest absolute Gasteiger partial charge is 0.254 e. The molecule has 0 atom stereocenters. The van der Waals surface area contributed by atoms with Crippen molar-refractivity contribution >= 4 is 27.5 Å². The zero-order chi connectivity index (χ0) is 20.1. The van der Waals surface area contributed by atoms with Crippen LogP contribution in [0.5, 0.6) is 0 Å². The zero-order valence-corrected chi connectivity index (χ0v) is 16.7. The maximum atomic E-state index is 12.2. The lowest BCUT2D eigenvalue weighted by atomic mass is 10.2. The van der Waals surface area contributed by atoms with E-state index in [1.54, 1.807) is 48.7 Å². The van der Waals surface area contributed by atoms with Gasteiger partial charge in [0, 0.05) is 19.3 Å². The minimum absolute atomic E-state index is 0.0700. The van der Waals surface area contributed by atoms with Crippen LogP contribution in [0.1, 0.15) is 15.9 Å². The summed E-state index contributed by atoms with van der Waals surface area (Å²) in [6, 6.07) is 13.7. The van der Waals surface area contributed by atoms with Gasteiger partial charge in [-0.2, -0.15) is 5.10 Å². The second-order valence-corrected chi connectivity index (χ2v) is 8.27. The molecular formula is C19H19ClN4O3S. The first-order chi connectivity index (χ1) is 13.4. The summed E-state index contributed by atoms with van der Waals surface area (Å²) in [7, 11) is -3.61. The van der Waals surface area contributed by atoms with Crippen molar-refractivity contribution in [1.82, 2.24) is 19.8 Å². The van der Waals surface area contributed by atoms with Crippen LogP contribution in [0.25, 0.3) is 5.69 Å². The molecule has 1 amide bonds. The highest BCUT2D eigenvalue weighted by molar-refractivity contribution is 7.89. The quantitative estimate of drug-likeness (QED) is 0.576. The predicted octanol–water partition coefficient (Wildman–Crippen LogP) is 2.54. The average molecular weight is 419 g/mol. The van der Waals surface area contributed by atoms with Crippen LogP contribution in [0.4, 0.5) is 0 Å². The van der Waals surface area contributed by atoms with Crippen LogP contribution in [0.15, 0.2) is 65.8 Å². The average Bonchev–Trinajstić information content (AvgIpc) is 3.16. The summed E-state index contributed by atoms with van der Waals surface area (Å²) in [5.74, 6) is -0.354. The number of halogens is 1. The molecule has 7 nitrogen and oxygen atoms in total. The van der Waals surface area contributed by atoms with E-state index >= 15 is 0 Å². The fraction of sp³-hybridized carbons (Fsp3) is 0.158. The van der Waals surface area contributed by atoms with E-state index in [2.05, 4.69) is 15.1 Å². The van der Waals surface area contributed by atoms with Crippen molar-refractivity contribution in [3.8, 4) is 5.69 Å². The molecular weight excluding hydrogens is 400 g/mol. The highest BCUT2D eigenvalue weighted by atomic mass is 35.5. The van der Waals surface area contributed by atoms with Crippen LogP contribution in [0.2, 0.25) is 5.02 Å². The second-order valence-electron chi connectivity index (χ2n) is 6.09. The molecule has 0 spiro atoms. The van der Waals surface area contributed by atoms with Gasteiger partial charge in [-0.3, -0.25) is 4.79 Å². The number of amides is 1. The minimum atomic E-state index is -3.61. The van der Waals surface area contributed by atoms with Gasteiger partial charge in [0.25, 0.3) is 5.91 Å². The maximum absolute atomic E-state index is 12.2. The summed E-state index contributed by atoms with van der Waals surface area (Å²) in [5.41, 5.74) is 1.99. The van der Waals surface area contributed by atoms with Crippen molar-refractivity contribution in [3.63, 3.8) is 0 Å². The van der Waals surface area contributed by atoms with Crippen LogP contribution in [0.3, 0.4) is 0 Å². The van der Waals surface area contributed by atoms with Crippen molar-refractivity contribution in [2.24, 2.45) is 0 Å². The predicted molar refractivity (Wildman–Crippen MR) is 107 cm³/mol. The molecule has 0 saturated carbocycles. The van der Waals surface area contributed by atoms with Gasteiger partial charge in [-0.05, 0) is 31.2 Å². The van der Waals surface area contributed by atoms with Gasteiger partial charge in [-0.25, -0.2) is 17.8 Å². The molecule has 0 aliphatic heterocycles. The monoisotopic (exact) mass is 418 g/mol. The number of benzene rings is 2. The van der Waals surface area contributed by atoms with E-state index in [0.717, 1.165) is 5.56 Å². The highest BCUT2D eigenvalue weighted by Gasteiger charge is 2.14. The Morgan fingerprint density at radius 2 is 1.82 bits per heavy atom. The molecule has 0 saturated heterocycles.